The van der Waals surface area contributed by atoms with Gasteiger partial charge in [-0.15, -0.1) is 0 Å². The number of carbonyl (C=O) groups is 1. The molecule has 1 amide bonds. The summed E-state index contributed by atoms with van der Waals surface area (Å²) in [6, 6.07) is 11.3. The number of halogens is 2. The number of nitrogens with zero attached hydrogens (tertiary/aromatic N) is 4. The number of nitriles is 1. The van der Waals surface area contributed by atoms with Gasteiger partial charge in [-0.25, -0.2) is 0 Å². The number of benzene rings is 2. The Hall–Kier alpha value is -3.25. The van der Waals surface area contributed by atoms with Gasteiger partial charge >= 0.3 is 0 Å². The smallest absolute Gasteiger partial charge is 0.252 e. The molecule has 1 aliphatic heterocycles. The van der Waals surface area contributed by atoms with Gasteiger partial charge in [-0.2, -0.15) is 5.26 Å². The van der Waals surface area contributed by atoms with E-state index in [1.54, 1.807) is 18.2 Å². The Morgan fingerprint density at radius 1 is 1.26 bits per heavy atom. The first-order chi connectivity index (χ1) is 16.9. The van der Waals surface area contributed by atoms with E-state index in [1.165, 1.54) is 6.20 Å². The molecule has 0 unspecified atom stereocenters. The van der Waals surface area contributed by atoms with Crippen molar-refractivity contribution in [2.45, 2.75) is 13.3 Å². The molecular formula is C25H26Cl2N6O2. The van der Waals surface area contributed by atoms with Crippen molar-refractivity contribution in [3.8, 4) is 11.8 Å². The van der Waals surface area contributed by atoms with Crippen molar-refractivity contribution in [3.63, 3.8) is 0 Å². The first-order valence-corrected chi connectivity index (χ1v) is 12.1. The number of amides is 1. The Kier molecular flexibility index (Phi) is 7.81. The van der Waals surface area contributed by atoms with Crippen molar-refractivity contribution in [3.05, 3.63) is 52.1 Å². The third-order valence-electron chi connectivity index (χ3n) is 5.98. The molecule has 1 saturated heterocycles. The van der Waals surface area contributed by atoms with Crippen molar-refractivity contribution in [1.82, 2.24) is 9.88 Å². The molecule has 35 heavy (non-hydrogen) atoms. The molecule has 0 spiro atoms. The fraction of sp³-hybridized carbons (Fsp3) is 0.320. The van der Waals surface area contributed by atoms with Gasteiger partial charge in [0.15, 0.2) is 0 Å². The van der Waals surface area contributed by atoms with E-state index in [2.05, 4.69) is 26.2 Å². The minimum atomic E-state index is -0.610. The highest BCUT2D eigenvalue weighted by Gasteiger charge is 2.23. The number of piperazine rings is 1. The van der Waals surface area contributed by atoms with Crippen LogP contribution < -0.4 is 20.7 Å². The fourth-order valence-corrected chi connectivity index (χ4v) is 4.55. The molecule has 182 valence electrons. The number of ether oxygens (including phenoxy) is 1. The molecule has 0 atom stereocenters. The van der Waals surface area contributed by atoms with Gasteiger partial charge in [0.05, 0.1) is 50.9 Å². The molecule has 2 aromatic carbocycles. The van der Waals surface area contributed by atoms with Crippen LogP contribution in [-0.2, 0) is 0 Å². The van der Waals surface area contributed by atoms with Gasteiger partial charge in [0.2, 0.25) is 0 Å². The second-order valence-electron chi connectivity index (χ2n) is 8.14. The second kappa shape index (κ2) is 11.0. The maximum atomic E-state index is 12.3. The molecule has 2 heterocycles. The predicted molar refractivity (Wildman–Crippen MR) is 140 cm³/mol. The van der Waals surface area contributed by atoms with Crippen molar-refractivity contribution in [2.75, 3.05) is 49.5 Å². The Morgan fingerprint density at radius 2 is 2.03 bits per heavy atom. The van der Waals surface area contributed by atoms with Gasteiger partial charge in [-0.05, 0) is 25.1 Å². The number of nitrogens with two attached hydrogens (primary N) is 1. The Labute approximate surface area is 214 Å². The number of hydrogen-bond donors (Lipinski definition) is 2. The highest BCUT2D eigenvalue weighted by atomic mass is 35.5. The van der Waals surface area contributed by atoms with E-state index in [-0.39, 0.29) is 5.56 Å². The van der Waals surface area contributed by atoms with E-state index in [9.17, 15) is 4.79 Å². The Balaban J connectivity index is 1.79. The molecule has 0 bridgehead atoms. The highest BCUT2D eigenvalue weighted by Crippen LogP contribution is 2.40. The summed E-state index contributed by atoms with van der Waals surface area (Å²) >= 11 is 12.6. The number of aromatic nitrogens is 1. The molecule has 8 nitrogen and oxygen atoms in total. The number of rotatable bonds is 8. The predicted octanol–water partition coefficient (Wildman–Crippen LogP) is 4.82. The molecule has 10 heteroatoms. The van der Waals surface area contributed by atoms with Crippen LogP contribution in [0.1, 0.15) is 23.7 Å². The first kappa shape index (κ1) is 24.9. The summed E-state index contributed by atoms with van der Waals surface area (Å²) in [7, 11) is 0. The van der Waals surface area contributed by atoms with Crippen LogP contribution in [0.3, 0.4) is 0 Å². The maximum Gasteiger partial charge on any atom is 0.252 e. The minimum absolute atomic E-state index is 0.241. The first-order valence-electron chi connectivity index (χ1n) is 11.4. The Morgan fingerprint density at radius 3 is 2.71 bits per heavy atom. The number of nitrogens with one attached hydrogen (secondary N) is 1. The van der Waals surface area contributed by atoms with Gasteiger partial charge in [0, 0.05) is 56.8 Å². The van der Waals surface area contributed by atoms with Crippen LogP contribution in [0.2, 0.25) is 10.0 Å². The average molecular weight is 513 g/mol. The monoisotopic (exact) mass is 512 g/mol. The Bertz CT molecular complexity index is 1290. The summed E-state index contributed by atoms with van der Waals surface area (Å²) in [4.78, 5) is 21.3. The zero-order valence-electron chi connectivity index (χ0n) is 19.4. The molecule has 0 saturated carbocycles. The fourth-order valence-electron chi connectivity index (χ4n) is 4.20. The standard InChI is InChI=1S/C25H26Cl2N6O2/c1-2-35-22-14-20-16(13-21(22)33-11-9-32(10-12-33)8-4-7-28)24(17(15-30-20)25(29)34)31-19-6-3-5-18(26)23(19)27/h3,5-6,13-15H,2,4,8-12H2,1H3,(H2,29,34)(H,30,31). The van der Waals surface area contributed by atoms with Crippen LogP contribution in [0, 0.1) is 11.3 Å². The summed E-state index contributed by atoms with van der Waals surface area (Å²) in [6.45, 7) is 6.45. The van der Waals surface area contributed by atoms with Crippen molar-refractivity contribution in [1.29, 1.82) is 5.26 Å². The van der Waals surface area contributed by atoms with Gasteiger partial charge in [0.1, 0.15) is 5.75 Å². The largest absolute Gasteiger partial charge is 0.492 e. The number of pyridine rings is 1. The lowest BCUT2D eigenvalue weighted by atomic mass is 10.1. The van der Waals surface area contributed by atoms with E-state index in [4.69, 9.17) is 38.9 Å². The third kappa shape index (κ3) is 5.38. The van der Waals surface area contributed by atoms with E-state index in [0.29, 0.717) is 45.4 Å². The molecule has 3 N–H and O–H groups in total. The van der Waals surface area contributed by atoms with Crippen molar-refractivity contribution >= 4 is 57.1 Å². The number of anilines is 3. The molecular weight excluding hydrogens is 487 g/mol. The normalized spacial score (nSPS) is 14.1. The van der Waals surface area contributed by atoms with Gasteiger partial charge in [-0.1, -0.05) is 29.3 Å². The average Bonchev–Trinajstić information content (AvgIpc) is 2.85. The number of carbonyl (C=O) groups excluding carboxylic acids is 1. The van der Waals surface area contributed by atoms with Crippen LogP contribution in [0.4, 0.5) is 17.1 Å². The lowest BCUT2D eigenvalue weighted by Crippen LogP contribution is -2.46. The van der Waals surface area contributed by atoms with Gasteiger partial charge in [0.25, 0.3) is 5.91 Å². The van der Waals surface area contributed by atoms with E-state index in [0.717, 1.165) is 44.2 Å². The van der Waals surface area contributed by atoms with Crippen LogP contribution in [0.15, 0.2) is 36.5 Å². The summed E-state index contributed by atoms with van der Waals surface area (Å²) in [5.41, 5.74) is 8.55. The second-order valence-corrected chi connectivity index (χ2v) is 8.93. The van der Waals surface area contributed by atoms with Crippen LogP contribution in [0.5, 0.6) is 5.75 Å². The SMILES string of the molecule is CCOc1cc2ncc(C(N)=O)c(Nc3cccc(Cl)c3Cl)c2cc1N1CCN(CCC#N)CC1. The molecule has 4 rings (SSSR count). The summed E-state index contributed by atoms with van der Waals surface area (Å²) in [5.74, 6) is 0.109. The van der Waals surface area contributed by atoms with Crippen LogP contribution >= 0.6 is 23.2 Å². The lowest BCUT2D eigenvalue weighted by Gasteiger charge is -2.36. The quantitative estimate of drug-likeness (QED) is 0.445. The molecule has 1 aromatic heterocycles. The summed E-state index contributed by atoms with van der Waals surface area (Å²) in [6.07, 6.45) is 1.97. The molecule has 0 radical (unpaired) electrons. The summed E-state index contributed by atoms with van der Waals surface area (Å²) < 4.78 is 5.97. The highest BCUT2D eigenvalue weighted by molar-refractivity contribution is 6.43. The lowest BCUT2D eigenvalue weighted by molar-refractivity contribution is 0.100. The van der Waals surface area contributed by atoms with Crippen LogP contribution in [0.25, 0.3) is 10.9 Å². The molecule has 0 aliphatic carbocycles. The van der Waals surface area contributed by atoms with E-state index < -0.39 is 5.91 Å². The topological polar surface area (TPSA) is 108 Å². The number of primary amides is 1. The van der Waals surface area contributed by atoms with Gasteiger partial charge in [-0.3, -0.25) is 14.7 Å². The minimum Gasteiger partial charge on any atom is -0.492 e. The summed E-state index contributed by atoms with van der Waals surface area (Å²) in [5, 5.41) is 13.6. The zero-order valence-corrected chi connectivity index (χ0v) is 20.9. The molecule has 1 aliphatic rings. The van der Waals surface area contributed by atoms with Crippen molar-refractivity contribution < 1.29 is 9.53 Å². The van der Waals surface area contributed by atoms with Crippen LogP contribution in [-0.4, -0.2) is 55.1 Å². The maximum absolute atomic E-state index is 12.3. The van der Waals surface area contributed by atoms with Crippen molar-refractivity contribution in [2.24, 2.45) is 5.73 Å². The third-order valence-corrected chi connectivity index (χ3v) is 6.80. The number of fused-ring (bicyclic) bond motifs is 1. The number of hydrogen-bond acceptors (Lipinski definition) is 7. The molecule has 3 aromatic rings. The zero-order chi connectivity index (χ0) is 24.9. The van der Waals surface area contributed by atoms with E-state index in [1.807, 2.05) is 19.1 Å². The van der Waals surface area contributed by atoms with E-state index >= 15 is 0 Å². The van der Waals surface area contributed by atoms with Gasteiger partial charge < -0.3 is 20.7 Å². The molecule has 1 fully saturated rings.